The van der Waals surface area contributed by atoms with E-state index in [1.54, 1.807) is 0 Å². The maximum absolute atomic E-state index is 12.7. The molecule has 1 fully saturated rings. The number of hydrogen-bond acceptors (Lipinski definition) is 5. The summed E-state index contributed by atoms with van der Waals surface area (Å²) in [5, 5.41) is 0. The second-order valence-corrected chi connectivity index (χ2v) is 3.87. The summed E-state index contributed by atoms with van der Waals surface area (Å²) in [5.74, 6) is -0.757. The zero-order valence-electron chi connectivity index (χ0n) is 9.41. The summed E-state index contributed by atoms with van der Waals surface area (Å²) in [6.07, 6.45) is -3.21. The van der Waals surface area contributed by atoms with Gasteiger partial charge < -0.3 is 15.2 Å². The van der Waals surface area contributed by atoms with Crippen molar-refractivity contribution in [1.29, 1.82) is 0 Å². The molecule has 2 N–H and O–H groups in total. The standard InChI is InChI=1S/C10H12F3N3O2/c11-10(12,13)7-5-15-9(14)16-8(7)18-6-1-3-17-4-2-6/h5-6H,1-4H2,(H2,14,15,16). The van der Waals surface area contributed by atoms with E-state index in [1.165, 1.54) is 0 Å². The predicted octanol–water partition coefficient (Wildman–Crippen LogP) is 1.64. The highest BCUT2D eigenvalue weighted by molar-refractivity contribution is 5.32. The molecule has 5 nitrogen and oxygen atoms in total. The SMILES string of the molecule is Nc1ncc(C(F)(F)F)c(OC2CCOCC2)n1. The third-order valence-corrected chi connectivity index (χ3v) is 2.52. The smallest absolute Gasteiger partial charge is 0.423 e. The Bertz CT molecular complexity index is 419. The lowest BCUT2D eigenvalue weighted by molar-refractivity contribution is -0.140. The van der Waals surface area contributed by atoms with Gasteiger partial charge >= 0.3 is 6.18 Å². The Kier molecular flexibility index (Phi) is 3.55. The van der Waals surface area contributed by atoms with Crippen LogP contribution in [0.15, 0.2) is 6.20 Å². The van der Waals surface area contributed by atoms with Gasteiger partial charge in [0, 0.05) is 19.0 Å². The van der Waals surface area contributed by atoms with Gasteiger partial charge in [0.05, 0.1) is 13.2 Å². The van der Waals surface area contributed by atoms with E-state index in [1.807, 2.05) is 0 Å². The van der Waals surface area contributed by atoms with E-state index in [0.717, 1.165) is 0 Å². The topological polar surface area (TPSA) is 70.3 Å². The Morgan fingerprint density at radius 2 is 2.00 bits per heavy atom. The molecule has 1 aromatic rings. The van der Waals surface area contributed by atoms with Gasteiger partial charge in [-0.05, 0) is 0 Å². The first-order valence-corrected chi connectivity index (χ1v) is 5.41. The first kappa shape index (κ1) is 12.9. The number of alkyl halides is 3. The lowest BCUT2D eigenvalue weighted by Crippen LogP contribution is -2.27. The second kappa shape index (κ2) is 4.97. The molecule has 1 aromatic heterocycles. The summed E-state index contributed by atoms with van der Waals surface area (Å²) < 4.78 is 48.5. The third-order valence-electron chi connectivity index (χ3n) is 2.52. The molecule has 2 heterocycles. The molecule has 1 aliphatic heterocycles. The van der Waals surface area contributed by atoms with Crippen LogP contribution >= 0.6 is 0 Å². The summed E-state index contributed by atoms with van der Waals surface area (Å²) in [6.45, 7) is 0.930. The Labute approximate surface area is 101 Å². The Balaban J connectivity index is 2.21. The number of nitrogens with zero attached hydrogens (tertiary/aromatic N) is 2. The van der Waals surface area contributed by atoms with E-state index >= 15 is 0 Å². The van der Waals surface area contributed by atoms with Gasteiger partial charge in [-0.25, -0.2) is 4.98 Å². The van der Waals surface area contributed by atoms with Gasteiger partial charge in [-0.3, -0.25) is 0 Å². The molecule has 0 radical (unpaired) electrons. The molecule has 0 spiro atoms. The van der Waals surface area contributed by atoms with Gasteiger partial charge in [-0.2, -0.15) is 18.2 Å². The van der Waals surface area contributed by atoms with Gasteiger partial charge in [-0.1, -0.05) is 0 Å². The monoisotopic (exact) mass is 263 g/mol. The Morgan fingerprint density at radius 3 is 2.61 bits per heavy atom. The van der Waals surface area contributed by atoms with Crippen LogP contribution in [0.5, 0.6) is 5.88 Å². The highest BCUT2D eigenvalue weighted by Crippen LogP contribution is 2.35. The quantitative estimate of drug-likeness (QED) is 0.878. The number of halogens is 3. The average Bonchev–Trinajstić information content (AvgIpc) is 2.28. The molecule has 2 rings (SSSR count). The fourth-order valence-corrected chi connectivity index (χ4v) is 1.61. The molecule has 0 atom stereocenters. The third kappa shape index (κ3) is 3.00. The zero-order chi connectivity index (χ0) is 13.2. The maximum Gasteiger partial charge on any atom is 0.423 e. The molecule has 0 aromatic carbocycles. The Morgan fingerprint density at radius 1 is 1.33 bits per heavy atom. The molecule has 1 aliphatic rings. The van der Waals surface area contributed by atoms with Crippen molar-refractivity contribution < 1.29 is 22.6 Å². The molecular formula is C10H12F3N3O2. The van der Waals surface area contributed by atoms with Crippen molar-refractivity contribution in [3.05, 3.63) is 11.8 Å². The lowest BCUT2D eigenvalue weighted by atomic mass is 10.1. The van der Waals surface area contributed by atoms with Crippen LogP contribution in [0, 0.1) is 0 Å². The molecule has 0 bridgehead atoms. The van der Waals surface area contributed by atoms with Gasteiger partial charge in [0.1, 0.15) is 11.7 Å². The highest BCUT2D eigenvalue weighted by Gasteiger charge is 2.37. The number of nitrogen functional groups attached to an aromatic ring is 1. The Hall–Kier alpha value is -1.57. The molecule has 0 aliphatic carbocycles. The average molecular weight is 263 g/mol. The molecule has 8 heteroatoms. The van der Waals surface area contributed by atoms with Crippen LogP contribution < -0.4 is 10.5 Å². The number of aromatic nitrogens is 2. The van der Waals surface area contributed by atoms with Gasteiger partial charge in [0.25, 0.3) is 0 Å². The normalized spacial score (nSPS) is 17.7. The summed E-state index contributed by atoms with van der Waals surface area (Å²) in [5.41, 5.74) is 4.27. The fourth-order valence-electron chi connectivity index (χ4n) is 1.61. The van der Waals surface area contributed by atoms with E-state index < -0.39 is 17.6 Å². The van der Waals surface area contributed by atoms with Gasteiger partial charge in [0.15, 0.2) is 0 Å². The van der Waals surface area contributed by atoms with Crippen LogP contribution in [-0.2, 0) is 10.9 Å². The van der Waals surface area contributed by atoms with E-state index in [4.69, 9.17) is 15.2 Å². The van der Waals surface area contributed by atoms with Crippen molar-refractivity contribution >= 4 is 5.95 Å². The molecule has 100 valence electrons. The second-order valence-electron chi connectivity index (χ2n) is 3.87. The number of nitrogens with two attached hydrogens (primary N) is 1. The van der Waals surface area contributed by atoms with Crippen LogP contribution in [0.25, 0.3) is 0 Å². The summed E-state index contributed by atoms with van der Waals surface area (Å²) in [6, 6.07) is 0. The highest BCUT2D eigenvalue weighted by atomic mass is 19.4. The first-order chi connectivity index (χ1) is 8.47. The van der Waals surface area contributed by atoms with Crippen molar-refractivity contribution in [2.45, 2.75) is 25.1 Å². The van der Waals surface area contributed by atoms with E-state index in [2.05, 4.69) is 9.97 Å². The molecule has 18 heavy (non-hydrogen) atoms. The minimum atomic E-state index is -4.56. The maximum atomic E-state index is 12.7. The zero-order valence-corrected chi connectivity index (χ0v) is 9.41. The summed E-state index contributed by atoms with van der Waals surface area (Å²) in [4.78, 5) is 6.86. The molecule has 0 amide bonds. The fraction of sp³-hybridized carbons (Fsp3) is 0.600. The van der Waals surface area contributed by atoms with Gasteiger partial charge in [0.2, 0.25) is 11.8 Å². The number of hydrogen-bond donors (Lipinski definition) is 1. The van der Waals surface area contributed by atoms with E-state index in [0.29, 0.717) is 32.3 Å². The van der Waals surface area contributed by atoms with Crippen molar-refractivity contribution in [3.63, 3.8) is 0 Å². The number of anilines is 1. The predicted molar refractivity (Wildman–Crippen MR) is 55.9 cm³/mol. The van der Waals surface area contributed by atoms with Crippen molar-refractivity contribution in [2.75, 3.05) is 18.9 Å². The summed E-state index contributed by atoms with van der Waals surface area (Å²) >= 11 is 0. The first-order valence-electron chi connectivity index (χ1n) is 5.41. The molecule has 0 saturated carbocycles. The van der Waals surface area contributed by atoms with Crippen LogP contribution in [0.2, 0.25) is 0 Å². The largest absolute Gasteiger partial charge is 0.474 e. The minimum absolute atomic E-state index is 0.245. The van der Waals surface area contributed by atoms with Crippen LogP contribution in [0.4, 0.5) is 19.1 Å². The van der Waals surface area contributed by atoms with Crippen LogP contribution in [-0.4, -0.2) is 29.3 Å². The van der Waals surface area contributed by atoms with Crippen molar-refractivity contribution in [2.24, 2.45) is 0 Å². The molecular weight excluding hydrogens is 251 g/mol. The minimum Gasteiger partial charge on any atom is -0.474 e. The summed E-state index contributed by atoms with van der Waals surface area (Å²) in [7, 11) is 0. The molecule has 0 unspecified atom stereocenters. The van der Waals surface area contributed by atoms with Crippen molar-refractivity contribution in [3.8, 4) is 5.88 Å². The van der Waals surface area contributed by atoms with Crippen LogP contribution in [0.1, 0.15) is 18.4 Å². The van der Waals surface area contributed by atoms with E-state index in [9.17, 15) is 13.2 Å². The number of rotatable bonds is 2. The van der Waals surface area contributed by atoms with Crippen molar-refractivity contribution in [1.82, 2.24) is 9.97 Å². The molecule has 1 saturated heterocycles. The lowest BCUT2D eigenvalue weighted by Gasteiger charge is -2.24. The number of ether oxygens (including phenoxy) is 2. The van der Waals surface area contributed by atoms with Gasteiger partial charge in [-0.15, -0.1) is 0 Å². The van der Waals surface area contributed by atoms with Crippen LogP contribution in [0.3, 0.4) is 0 Å². The van der Waals surface area contributed by atoms with E-state index in [-0.39, 0.29) is 12.1 Å².